The fourth-order valence-electron chi connectivity index (χ4n) is 3.95. The molecule has 4 nitrogen and oxygen atoms in total. The first-order valence-electron chi connectivity index (χ1n) is 10.2. The number of rotatable bonds is 3. The molecule has 0 bridgehead atoms. The van der Waals surface area contributed by atoms with E-state index in [2.05, 4.69) is 49.5 Å². The third-order valence-corrected chi connectivity index (χ3v) is 5.68. The molecule has 30 heavy (non-hydrogen) atoms. The second-order valence-electron chi connectivity index (χ2n) is 7.65. The van der Waals surface area contributed by atoms with Crippen LogP contribution in [0.3, 0.4) is 0 Å². The maximum Gasteiger partial charge on any atom is 0.164 e. The van der Waals surface area contributed by atoms with E-state index in [9.17, 15) is 0 Å². The Kier molecular flexibility index (Phi) is 4.68. The summed E-state index contributed by atoms with van der Waals surface area (Å²) in [5.41, 5.74) is 8.99. The molecular weight excluding hydrogens is 370 g/mol. The predicted octanol–water partition coefficient (Wildman–Crippen LogP) is 5.73. The Hall–Kier alpha value is -3.66. The lowest BCUT2D eigenvalue weighted by Crippen LogP contribution is -2.00. The molecule has 0 saturated heterocycles. The molecule has 4 aromatic rings. The molecule has 0 saturated carbocycles. The Morgan fingerprint density at radius 3 is 2.57 bits per heavy atom. The van der Waals surface area contributed by atoms with E-state index >= 15 is 0 Å². The van der Waals surface area contributed by atoms with Crippen molar-refractivity contribution in [3.63, 3.8) is 0 Å². The van der Waals surface area contributed by atoms with Gasteiger partial charge in [-0.25, -0.2) is 9.97 Å². The lowest BCUT2D eigenvalue weighted by atomic mass is 9.91. The van der Waals surface area contributed by atoms with Gasteiger partial charge in [0.2, 0.25) is 0 Å². The number of aryl methyl sites for hydroxylation is 1. The van der Waals surface area contributed by atoms with E-state index in [1.54, 1.807) is 7.11 Å². The fraction of sp³-hybridized carbons (Fsp3) is 0.154. The van der Waals surface area contributed by atoms with Crippen LogP contribution in [0.4, 0.5) is 0 Å². The highest BCUT2D eigenvalue weighted by atomic mass is 16.5. The summed E-state index contributed by atoms with van der Waals surface area (Å²) < 4.78 is 7.27. The number of benzene rings is 2. The highest BCUT2D eigenvalue weighted by molar-refractivity contribution is 5.86. The van der Waals surface area contributed by atoms with Gasteiger partial charge in [-0.1, -0.05) is 54.1 Å². The molecule has 0 N–H and O–H groups in total. The second kappa shape index (κ2) is 7.64. The molecular formula is C26H23N3O. The van der Waals surface area contributed by atoms with Crippen molar-refractivity contribution in [3.8, 4) is 16.9 Å². The van der Waals surface area contributed by atoms with Crippen LogP contribution in [0.1, 0.15) is 30.2 Å². The topological polar surface area (TPSA) is 39.4 Å². The van der Waals surface area contributed by atoms with E-state index in [1.807, 2.05) is 41.2 Å². The fourth-order valence-corrected chi connectivity index (χ4v) is 3.95. The summed E-state index contributed by atoms with van der Waals surface area (Å²) in [6.07, 6.45) is 12.4. The van der Waals surface area contributed by atoms with Gasteiger partial charge >= 0.3 is 0 Å². The van der Waals surface area contributed by atoms with Gasteiger partial charge in [0.05, 0.1) is 7.11 Å². The Bertz CT molecular complexity index is 1280. The number of allylic oxidation sites excluding steroid dienone is 3. The molecule has 0 radical (unpaired) electrons. The Balaban J connectivity index is 1.61. The van der Waals surface area contributed by atoms with E-state index < -0.39 is 0 Å². The first-order valence-corrected chi connectivity index (χ1v) is 10.2. The predicted molar refractivity (Wildman–Crippen MR) is 121 cm³/mol. The molecule has 2 aromatic heterocycles. The van der Waals surface area contributed by atoms with E-state index in [0.717, 1.165) is 46.6 Å². The van der Waals surface area contributed by atoms with Crippen LogP contribution in [0.5, 0.6) is 5.75 Å². The minimum absolute atomic E-state index is 0.843. The molecule has 0 aliphatic heterocycles. The maximum absolute atomic E-state index is 5.26. The average molecular weight is 393 g/mol. The van der Waals surface area contributed by atoms with Crippen molar-refractivity contribution < 1.29 is 4.74 Å². The molecule has 1 aliphatic rings. The minimum Gasteiger partial charge on any atom is -0.497 e. The molecule has 0 unspecified atom stereocenters. The van der Waals surface area contributed by atoms with Crippen LogP contribution in [0, 0.1) is 0 Å². The zero-order chi connectivity index (χ0) is 20.5. The standard InChI is InChI=1S/C26H23N3O/c1-18-7-9-20-5-3-4-6-23(20)24(14-8-18)25-26-27-15-21(16-29(26)17-28-25)19-10-12-22(30-2)13-11-19/h3-6,8,10-17H,7,9H2,1-2H3. The van der Waals surface area contributed by atoms with Crippen molar-refractivity contribution in [2.45, 2.75) is 19.8 Å². The Labute approximate surface area is 176 Å². The highest BCUT2D eigenvalue weighted by Gasteiger charge is 2.17. The Morgan fingerprint density at radius 2 is 1.73 bits per heavy atom. The average Bonchev–Trinajstić information content (AvgIpc) is 3.20. The van der Waals surface area contributed by atoms with Crippen LogP contribution < -0.4 is 4.74 Å². The number of imidazole rings is 1. The molecule has 0 amide bonds. The first-order chi connectivity index (χ1) is 14.7. The zero-order valence-corrected chi connectivity index (χ0v) is 17.2. The van der Waals surface area contributed by atoms with Crippen molar-refractivity contribution in [2.75, 3.05) is 7.11 Å². The van der Waals surface area contributed by atoms with Gasteiger partial charge in [0.25, 0.3) is 0 Å². The number of nitrogens with zero attached hydrogens (tertiary/aromatic N) is 3. The molecule has 2 aromatic carbocycles. The molecule has 4 heteroatoms. The summed E-state index contributed by atoms with van der Waals surface area (Å²) in [7, 11) is 1.68. The summed E-state index contributed by atoms with van der Waals surface area (Å²) in [5.74, 6) is 0.843. The first kappa shape index (κ1) is 18.4. The van der Waals surface area contributed by atoms with E-state index in [0.29, 0.717) is 0 Å². The van der Waals surface area contributed by atoms with E-state index in [1.165, 1.54) is 16.7 Å². The van der Waals surface area contributed by atoms with Gasteiger partial charge in [0, 0.05) is 23.5 Å². The molecule has 0 atom stereocenters. The van der Waals surface area contributed by atoms with E-state index in [-0.39, 0.29) is 0 Å². The summed E-state index contributed by atoms with van der Waals surface area (Å²) in [4.78, 5) is 9.55. The van der Waals surface area contributed by atoms with Crippen LogP contribution in [-0.2, 0) is 6.42 Å². The summed E-state index contributed by atoms with van der Waals surface area (Å²) >= 11 is 0. The number of aromatic nitrogens is 3. The van der Waals surface area contributed by atoms with Gasteiger partial charge in [0.15, 0.2) is 5.65 Å². The lowest BCUT2D eigenvalue weighted by Gasteiger charge is -2.15. The van der Waals surface area contributed by atoms with Gasteiger partial charge in [0.1, 0.15) is 17.8 Å². The van der Waals surface area contributed by atoms with Crippen molar-refractivity contribution in [1.29, 1.82) is 0 Å². The number of fused-ring (bicyclic) bond motifs is 2. The monoisotopic (exact) mass is 393 g/mol. The van der Waals surface area contributed by atoms with Gasteiger partial charge in [-0.3, -0.25) is 4.40 Å². The molecule has 0 spiro atoms. The summed E-state index contributed by atoms with van der Waals surface area (Å²) in [6, 6.07) is 16.6. The van der Waals surface area contributed by atoms with Crippen molar-refractivity contribution >= 4 is 11.2 Å². The smallest absolute Gasteiger partial charge is 0.164 e. The lowest BCUT2D eigenvalue weighted by molar-refractivity contribution is 0.415. The largest absolute Gasteiger partial charge is 0.497 e. The SMILES string of the molecule is COc1ccc(-c2cnc3c(C4=CC=C(C)CCc5ccccc54)ncn3c2)cc1. The van der Waals surface area contributed by atoms with Crippen LogP contribution in [0.2, 0.25) is 0 Å². The van der Waals surface area contributed by atoms with Gasteiger partial charge < -0.3 is 4.74 Å². The van der Waals surface area contributed by atoms with Crippen LogP contribution in [-0.4, -0.2) is 21.5 Å². The normalized spacial score (nSPS) is 13.8. The van der Waals surface area contributed by atoms with Crippen molar-refractivity contribution in [2.24, 2.45) is 0 Å². The van der Waals surface area contributed by atoms with Crippen LogP contribution >= 0.6 is 0 Å². The number of methoxy groups -OCH3 is 1. The highest BCUT2D eigenvalue weighted by Crippen LogP contribution is 2.31. The van der Waals surface area contributed by atoms with Crippen molar-refractivity contribution in [3.05, 3.63) is 102 Å². The third-order valence-electron chi connectivity index (χ3n) is 5.68. The van der Waals surface area contributed by atoms with E-state index in [4.69, 9.17) is 14.7 Å². The quantitative estimate of drug-likeness (QED) is 0.446. The molecule has 2 heterocycles. The second-order valence-corrected chi connectivity index (χ2v) is 7.65. The molecule has 148 valence electrons. The molecule has 1 aliphatic carbocycles. The number of hydrogen-bond donors (Lipinski definition) is 0. The van der Waals surface area contributed by atoms with Crippen LogP contribution in [0.15, 0.2) is 85.0 Å². The number of hydrogen-bond acceptors (Lipinski definition) is 3. The zero-order valence-electron chi connectivity index (χ0n) is 17.2. The molecule has 5 rings (SSSR count). The maximum atomic E-state index is 5.26. The third kappa shape index (κ3) is 3.30. The van der Waals surface area contributed by atoms with Gasteiger partial charge in [-0.2, -0.15) is 0 Å². The summed E-state index contributed by atoms with van der Waals surface area (Å²) in [5, 5.41) is 0. The van der Waals surface area contributed by atoms with Gasteiger partial charge in [-0.15, -0.1) is 0 Å². The minimum atomic E-state index is 0.843. The molecule has 0 fully saturated rings. The summed E-state index contributed by atoms with van der Waals surface area (Å²) in [6.45, 7) is 2.19. The van der Waals surface area contributed by atoms with Gasteiger partial charge in [-0.05, 0) is 48.6 Å². The van der Waals surface area contributed by atoms with Crippen molar-refractivity contribution in [1.82, 2.24) is 14.4 Å². The number of ether oxygens (including phenoxy) is 1. The Morgan fingerprint density at radius 1 is 0.900 bits per heavy atom. The van der Waals surface area contributed by atoms with Crippen LogP contribution in [0.25, 0.3) is 22.3 Å².